The van der Waals surface area contributed by atoms with Crippen molar-refractivity contribution in [3.05, 3.63) is 23.3 Å². The minimum absolute atomic E-state index is 0.417. The Morgan fingerprint density at radius 3 is 2.47 bits per heavy atom. The number of ether oxygens (including phenoxy) is 1. The summed E-state index contributed by atoms with van der Waals surface area (Å²) in [5.74, 6) is 1.92. The molecule has 1 aliphatic carbocycles. The van der Waals surface area contributed by atoms with Gasteiger partial charge in [-0.05, 0) is 55.9 Å². The van der Waals surface area contributed by atoms with Gasteiger partial charge >= 0.3 is 0 Å². The Balaban J connectivity index is 1.99. The molecule has 1 fully saturated rings. The van der Waals surface area contributed by atoms with Crippen LogP contribution in [-0.4, -0.2) is 19.4 Å². The highest BCUT2D eigenvalue weighted by Crippen LogP contribution is 2.29. The maximum absolute atomic E-state index is 11.2. The Hall–Kier alpha value is -1.51. The summed E-state index contributed by atoms with van der Waals surface area (Å²) < 4.78 is 5.42. The van der Waals surface area contributed by atoms with Crippen LogP contribution in [0.5, 0.6) is 5.75 Å². The molecule has 0 bridgehead atoms. The van der Waals surface area contributed by atoms with Crippen molar-refractivity contribution < 1.29 is 9.53 Å². The molecule has 1 aliphatic rings. The van der Waals surface area contributed by atoms with Crippen LogP contribution in [0.25, 0.3) is 0 Å². The van der Waals surface area contributed by atoms with E-state index in [9.17, 15) is 4.79 Å². The minimum atomic E-state index is 0.417. The average Bonchev–Trinajstić information content (AvgIpc) is 2.41. The van der Waals surface area contributed by atoms with Crippen LogP contribution in [-0.2, 0) is 4.79 Å². The van der Waals surface area contributed by atoms with E-state index in [4.69, 9.17) is 4.74 Å². The summed E-state index contributed by atoms with van der Waals surface area (Å²) in [6.45, 7) is 5.12. The van der Waals surface area contributed by atoms with Crippen LogP contribution in [0.3, 0.4) is 0 Å². The summed E-state index contributed by atoms with van der Waals surface area (Å²) in [5, 5.41) is 3.48. The molecule has 0 atom stereocenters. The number of carbonyl (C=O) groups is 1. The minimum Gasteiger partial charge on any atom is -0.495 e. The normalized spacial score (nSPS) is 16.5. The molecule has 0 aliphatic heterocycles. The molecule has 3 heteroatoms. The predicted molar refractivity (Wildman–Crippen MR) is 77.9 cm³/mol. The molecule has 1 aromatic rings. The van der Waals surface area contributed by atoms with Gasteiger partial charge in [0.15, 0.2) is 0 Å². The summed E-state index contributed by atoms with van der Waals surface area (Å²) in [5.41, 5.74) is 3.57. The molecule has 0 aromatic heterocycles. The van der Waals surface area contributed by atoms with Gasteiger partial charge in [-0.1, -0.05) is 0 Å². The second kappa shape index (κ2) is 6.09. The number of hydrogen-bond acceptors (Lipinski definition) is 3. The van der Waals surface area contributed by atoms with Gasteiger partial charge in [0.25, 0.3) is 0 Å². The third kappa shape index (κ3) is 3.49. The number of methoxy groups -OCH3 is 1. The number of rotatable bonds is 4. The topological polar surface area (TPSA) is 38.3 Å². The Morgan fingerprint density at radius 2 is 1.84 bits per heavy atom. The first-order valence-electron chi connectivity index (χ1n) is 7.01. The lowest BCUT2D eigenvalue weighted by atomic mass is 9.88. The predicted octanol–water partition coefficient (Wildman–Crippen LogP) is 3.48. The fraction of sp³-hybridized carbons (Fsp3) is 0.562. The zero-order valence-corrected chi connectivity index (χ0v) is 12.1. The molecule has 1 N–H and O–H groups in total. The molecule has 0 radical (unpaired) electrons. The molecule has 19 heavy (non-hydrogen) atoms. The molecule has 0 heterocycles. The highest BCUT2D eigenvalue weighted by atomic mass is 16.5. The van der Waals surface area contributed by atoms with Gasteiger partial charge in [0, 0.05) is 19.4 Å². The van der Waals surface area contributed by atoms with Crippen LogP contribution in [0, 0.1) is 19.8 Å². The van der Waals surface area contributed by atoms with Crippen molar-refractivity contribution in [1.82, 2.24) is 0 Å². The standard InChI is InChI=1S/C16H23NO2/c1-11-8-15(16(19-3)9-12(11)2)17-10-13-4-6-14(18)7-5-13/h8-9,13,17H,4-7,10H2,1-3H3. The summed E-state index contributed by atoms with van der Waals surface area (Å²) in [4.78, 5) is 11.2. The van der Waals surface area contributed by atoms with Crippen LogP contribution in [0.15, 0.2) is 12.1 Å². The third-order valence-electron chi connectivity index (χ3n) is 4.06. The summed E-state index contributed by atoms with van der Waals surface area (Å²) in [6, 6.07) is 4.21. The zero-order chi connectivity index (χ0) is 13.8. The van der Waals surface area contributed by atoms with Crippen molar-refractivity contribution in [1.29, 1.82) is 0 Å². The van der Waals surface area contributed by atoms with Crippen LogP contribution >= 0.6 is 0 Å². The summed E-state index contributed by atoms with van der Waals surface area (Å²) in [6.07, 6.45) is 3.52. The molecule has 0 spiro atoms. The summed E-state index contributed by atoms with van der Waals surface area (Å²) in [7, 11) is 1.70. The van der Waals surface area contributed by atoms with Gasteiger partial charge in [-0.15, -0.1) is 0 Å². The van der Waals surface area contributed by atoms with Gasteiger partial charge in [-0.2, -0.15) is 0 Å². The van der Waals surface area contributed by atoms with E-state index in [2.05, 4.69) is 31.3 Å². The molecule has 0 amide bonds. The fourth-order valence-corrected chi connectivity index (χ4v) is 2.55. The van der Waals surface area contributed by atoms with E-state index in [0.29, 0.717) is 11.7 Å². The Bertz CT molecular complexity index is 458. The van der Waals surface area contributed by atoms with Crippen molar-refractivity contribution in [3.8, 4) is 5.75 Å². The van der Waals surface area contributed by atoms with Gasteiger partial charge in [0.2, 0.25) is 0 Å². The molecule has 104 valence electrons. The van der Waals surface area contributed by atoms with E-state index < -0.39 is 0 Å². The van der Waals surface area contributed by atoms with Gasteiger partial charge in [0.05, 0.1) is 12.8 Å². The molecule has 1 saturated carbocycles. The number of carbonyl (C=O) groups excluding carboxylic acids is 1. The Morgan fingerprint density at radius 1 is 1.21 bits per heavy atom. The zero-order valence-electron chi connectivity index (χ0n) is 12.1. The lowest BCUT2D eigenvalue weighted by Crippen LogP contribution is -2.21. The Labute approximate surface area is 115 Å². The van der Waals surface area contributed by atoms with Crippen molar-refractivity contribution in [2.24, 2.45) is 5.92 Å². The number of hydrogen-bond donors (Lipinski definition) is 1. The van der Waals surface area contributed by atoms with Crippen molar-refractivity contribution in [2.45, 2.75) is 39.5 Å². The monoisotopic (exact) mass is 261 g/mol. The molecule has 1 aromatic carbocycles. The van der Waals surface area contributed by atoms with E-state index in [1.807, 2.05) is 0 Å². The van der Waals surface area contributed by atoms with E-state index in [1.165, 1.54) is 11.1 Å². The first-order valence-corrected chi connectivity index (χ1v) is 7.01. The molecular formula is C16H23NO2. The first-order chi connectivity index (χ1) is 9.10. The fourth-order valence-electron chi connectivity index (χ4n) is 2.55. The Kier molecular flexibility index (Phi) is 4.46. The highest BCUT2D eigenvalue weighted by molar-refractivity contribution is 5.79. The van der Waals surface area contributed by atoms with Crippen LogP contribution in [0.4, 0.5) is 5.69 Å². The van der Waals surface area contributed by atoms with Crippen molar-refractivity contribution in [3.63, 3.8) is 0 Å². The maximum Gasteiger partial charge on any atom is 0.142 e. The molecule has 2 rings (SSSR count). The van der Waals surface area contributed by atoms with Crippen molar-refractivity contribution >= 4 is 11.5 Å². The molecular weight excluding hydrogens is 238 g/mol. The third-order valence-corrected chi connectivity index (χ3v) is 4.06. The molecule has 0 unspecified atom stereocenters. The van der Waals surface area contributed by atoms with Gasteiger partial charge < -0.3 is 10.1 Å². The number of anilines is 1. The lowest BCUT2D eigenvalue weighted by Gasteiger charge is -2.22. The highest BCUT2D eigenvalue weighted by Gasteiger charge is 2.18. The van der Waals surface area contributed by atoms with Crippen LogP contribution in [0.2, 0.25) is 0 Å². The van der Waals surface area contributed by atoms with E-state index in [0.717, 1.165) is 43.7 Å². The van der Waals surface area contributed by atoms with Crippen LogP contribution in [0.1, 0.15) is 36.8 Å². The first kappa shape index (κ1) is 13.9. The number of ketones is 1. The quantitative estimate of drug-likeness (QED) is 0.901. The molecule has 0 saturated heterocycles. The number of benzene rings is 1. The van der Waals surface area contributed by atoms with Crippen molar-refractivity contribution in [2.75, 3.05) is 19.0 Å². The SMILES string of the molecule is COc1cc(C)c(C)cc1NCC1CCC(=O)CC1. The summed E-state index contributed by atoms with van der Waals surface area (Å²) >= 11 is 0. The van der Waals surface area contributed by atoms with Gasteiger partial charge in [-0.3, -0.25) is 4.79 Å². The van der Waals surface area contributed by atoms with E-state index >= 15 is 0 Å². The van der Waals surface area contributed by atoms with E-state index in [1.54, 1.807) is 7.11 Å². The second-order valence-corrected chi connectivity index (χ2v) is 5.50. The number of nitrogens with one attached hydrogen (secondary N) is 1. The second-order valence-electron chi connectivity index (χ2n) is 5.50. The number of Topliss-reactive ketones (excluding diaryl/α,β-unsaturated/α-hetero) is 1. The van der Waals surface area contributed by atoms with Gasteiger partial charge in [-0.25, -0.2) is 0 Å². The lowest BCUT2D eigenvalue weighted by molar-refractivity contribution is -0.120. The largest absolute Gasteiger partial charge is 0.495 e. The van der Waals surface area contributed by atoms with E-state index in [-0.39, 0.29) is 0 Å². The maximum atomic E-state index is 11.2. The smallest absolute Gasteiger partial charge is 0.142 e. The molecule has 3 nitrogen and oxygen atoms in total. The van der Waals surface area contributed by atoms with Crippen LogP contribution < -0.4 is 10.1 Å². The number of aryl methyl sites for hydroxylation is 2. The van der Waals surface area contributed by atoms with Gasteiger partial charge in [0.1, 0.15) is 11.5 Å². The average molecular weight is 261 g/mol.